The third-order valence-electron chi connectivity index (χ3n) is 9.03. The van der Waals surface area contributed by atoms with Gasteiger partial charge in [0.25, 0.3) is 0 Å². The van der Waals surface area contributed by atoms with Crippen LogP contribution < -0.4 is 0 Å². The maximum Gasteiger partial charge on any atom is 0.192 e. The Morgan fingerprint density at radius 3 is 2.48 bits per heavy atom. The number of aromatic nitrogens is 4. The van der Waals surface area contributed by atoms with E-state index in [-0.39, 0.29) is 23.1 Å². The smallest absolute Gasteiger partial charge is 0.192 e. The molecule has 3 heterocycles. The number of nitrogens with zero attached hydrogens (tertiary/aromatic N) is 5. The van der Waals surface area contributed by atoms with E-state index in [2.05, 4.69) is 57.2 Å². The van der Waals surface area contributed by atoms with Crippen molar-refractivity contribution in [2.45, 2.75) is 102 Å². The molecule has 3 aromatic heterocycles. The molecule has 0 saturated heterocycles. The van der Waals surface area contributed by atoms with Crippen molar-refractivity contribution < 1.29 is 13.7 Å². The molecule has 1 saturated carbocycles. The van der Waals surface area contributed by atoms with Crippen LogP contribution in [0.25, 0.3) is 28.0 Å². The van der Waals surface area contributed by atoms with Crippen LogP contribution in [0.3, 0.4) is 0 Å². The lowest BCUT2D eigenvalue weighted by atomic mass is 9.95. The number of rotatable bonds is 8. The first-order valence-electron chi connectivity index (χ1n) is 15.5. The first kappa shape index (κ1) is 32.5. The molecular weight excluding hydrogens is 587 g/mol. The van der Waals surface area contributed by atoms with Gasteiger partial charge in [-0.05, 0) is 94.4 Å². The summed E-state index contributed by atoms with van der Waals surface area (Å²) in [5, 5.41) is 16.1. The van der Waals surface area contributed by atoms with E-state index in [4.69, 9.17) is 18.8 Å². The number of hydrogen-bond donors (Lipinski definition) is 2. The first-order valence-corrected chi connectivity index (χ1v) is 19.7. The minimum Gasteiger partial charge on any atom is -0.411 e. The Morgan fingerprint density at radius 2 is 1.80 bits per heavy atom. The zero-order valence-electron chi connectivity index (χ0n) is 27.3. The molecule has 1 aliphatic carbocycles. The van der Waals surface area contributed by atoms with Crippen LogP contribution in [0.15, 0.2) is 65.2 Å². The quantitative estimate of drug-likeness (QED) is 0.153. The van der Waals surface area contributed by atoms with Crippen LogP contribution in [0, 0.1) is 5.92 Å². The predicted octanol–water partition coefficient (Wildman–Crippen LogP) is 7.67. The number of aliphatic hydroxyl groups excluding tert-OH is 1. The summed E-state index contributed by atoms with van der Waals surface area (Å²) in [4.78, 5) is 9.97. The molecule has 0 radical (unpaired) electrons. The van der Waals surface area contributed by atoms with Crippen LogP contribution in [0.1, 0.15) is 78.2 Å². The minimum atomic E-state index is -1.91. The zero-order chi connectivity index (χ0) is 31.9. The van der Waals surface area contributed by atoms with Gasteiger partial charge < -0.3 is 9.53 Å². The molecule has 5 rings (SSSR count). The van der Waals surface area contributed by atoms with E-state index in [0.29, 0.717) is 13.0 Å². The van der Waals surface area contributed by atoms with Crippen molar-refractivity contribution in [2.75, 3.05) is 0 Å². The second-order valence-electron chi connectivity index (χ2n) is 14.5. The molecule has 4 aromatic rings. The topological polar surface area (TPSA) is 102 Å². The second-order valence-corrected chi connectivity index (χ2v) is 21.5. The standard InChI is InChI=1S/C34H47N5O3SSi/c1-33(2,3)43(41)38-32(24-17-18-27(40)19-24)29-13-10-12-28(37-29)23-15-16-25-21-35-39(30(25)20-23)31-14-9-11-26(36-31)22-42-44(7,8)34(4,5)6/h9-16,20-21,24,27,32,40,43H,17-19,22H2,1-8H3. The van der Waals surface area contributed by atoms with Crippen LogP contribution in [0.4, 0.5) is 0 Å². The van der Waals surface area contributed by atoms with Gasteiger partial charge in [0.2, 0.25) is 0 Å². The number of fused-ring (bicyclic) bond motifs is 1. The lowest BCUT2D eigenvalue weighted by Crippen LogP contribution is -2.40. The van der Waals surface area contributed by atoms with Gasteiger partial charge in [0, 0.05) is 26.3 Å². The fraction of sp³-hybridized carbons (Fsp3) is 0.500. The number of benzene rings is 1. The second kappa shape index (κ2) is 12.5. The Bertz CT molecular complexity index is 1720. The predicted molar refractivity (Wildman–Crippen MR) is 182 cm³/mol. The normalized spacial score (nSPS) is 19.5. The van der Waals surface area contributed by atoms with Gasteiger partial charge in [-0.2, -0.15) is 5.10 Å². The van der Waals surface area contributed by atoms with Gasteiger partial charge in [-0.3, -0.25) is 9.19 Å². The summed E-state index contributed by atoms with van der Waals surface area (Å²) in [6.07, 6.45) is 3.73. The number of pyridine rings is 2. The molecule has 4 unspecified atom stereocenters. The summed E-state index contributed by atoms with van der Waals surface area (Å²) in [6, 6.07) is 17.8. The SMILES string of the molecule is CC(C)(C)/[SH](=O)=N/C(c1cccc(-c2ccc3cnn(-c4cccc(CO[Si](C)(C)C(C)(C)C)n4)c3c2)n1)C1CCC(O)C1. The molecule has 4 atom stereocenters. The summed E-state index contributed by atoms with van der Waals surface area (Å²) in [5.41, 5.74) is 4.36. The Kier molecular flexibility index (Phi) is 9.20. The van der Waals surface area contributed by atoms with Crippen molar-refractivity contribution in [1.82, 2.24) is 19.7 Å². The van der Waals surface area contributed by atoms with Gasteiger partial charge in [-0.1, -0.05) is 45.0 Å². The van der Waals surface area contributed by atoms with E-state index in [0.717, 1.165) is 52.2 Å². The van der Waals surface area contributed by atoms with Gasteiger partial charge >= 0.3 is 0 Å². The molecule has 1 aliphatic rings. The van der Waals surface area contributed by atoms with E-state index >= 15 is 0 Å². The molecular formula is C34H47N5O3SSi. The highest BCUT2D eigenvalue weighted by molar-refractivity contribution is 7.76. The zero-order valence-corrected chi connectivity index (χ0v) is 29.2. The van der Waals surface area contributed by atoms with E-state index in [9.17, 15) is 9.32 Å². The van der Waals surface area contributed by atoms with Gasteiger partial charge in [-0.15, -0.1) is 0 Å². The van der Waals surface area contributed by atoms with E-state index in [1.54, 1.807) is 0 Å². The third kappa shape index (κ3) is 7.14. The molecule has 236 valence electrons. The monoisotopic (exact) mass is 633 g/mol. The van der Waals surface area contributed by atoms with Gasteiger partial charge in [0.05, 0.1) is 41.5 Å². The molecule has 1 fully saturated rings. The molecule has 0 aliphatic heterocycles. The molecule has 0 bridgehead atoms. The van der Waals surface area contributed by atoms with Crippen LogP contribution in [0.5, 0.6) is 0 Å². The van der Waals surface area contributed by atoms with Crippen LogP contribution in [0.2, 0.25) is 18.1 Å². The summed E-state index contributed by atoms with van der Waals surface area (Å²) in [7, 11) is -3.73. The van der Waals surface area contributed by atoms with Crippen molar-refractivity contribution in [2.24, 2.45) is 10.3 Å². The highest BCUT2D eigenvalue weighted by Crippen LogP contribution is 2.39. The molecule has 1 aromatic carbocycles. The number of thiol groups is 1. The molecule has 0 spiro atoms. The number of aliphatic hydroxyl groups is 1. The summed E-state index contributed by atoms with van der Waals surface area (Å²) < 4.78 is 25.8. The molecule has 0 amide bonds. The molecule has 44 heavy (non-hydrogen) atoms. The van der Waals surface area contributed by atoms with E-state index in [1.165, 1.54) is 0 Å². The fourth-order valence-corrected chi connectivity index (χ4v) is 7.05. The average molecular weight is 634 g/mol. The fourth-order valence-electron chi connectivity index (χ4n) is 5.23. The lowest BCUT2D eigenvalue weighted by molar-refractivity contribution is 0.175. The van der Waals surface area contributed by atoms with Gasteiger partial charge in [-0.25, -0.2) is 14.0 Å². The maximum absolute atomic E-state index is 13.2. The van der Waals surface area contributed by atoms with Crippen LogP contribution in [-0.4, -0.2) is 48.2 Å². The Labute approximate surface area is 264 Å². The first-order chi connectivity index (χ1) is 20.6. The summed E-state index contributed by atoms with van der Waals surface area (Å²) in [5.74, 6) is 0.844. The van der Waals surface area contributed by atoms with Gasteiger partial charge in [0.15, 0.2) is 14.1 Å². The number of hydrogen-bond acceptors (Lipinski definition) is 7. The van der Waals surface area contributed by atoms with E-state index < -0.39 is 23.7 Å². The van der Waals surface area contributed by atoms with Crippen molar-refractivity contribution in [3.05, 3.63) is 72.2 Å². The van der Waals surface area contributed by atoms with Crippen molar-refractivity contribution in [3.63, 3.8) is 0 Å². The van der Waals surface area contributed by atoms with Crippen LogP contribution >= 0.6 is 0 Å². The molecule has 1 N–H and O–H groups in total. The Balaban J connectivity index is 1.47. The highest BCUT2D eigenvalue weighted by Gasteiger charge is 2.37. The molecule has 10 heteroatoms. The van der Waals surface area contributed by atoms with Crippen molar-refractivity contribution >= 4 is 29.8 Å². The molecule has 8 nitrogen and oxygen atoms in total. The minimum absolute atomic E-state index is 0.108. The lowest BCUT2D eigenvalue weighted by Gasteiger charge is -2.36. The van der Waals surface area contributed by atoms with Gasteiger partial charge in [0.1, 0.15) is 6.04 Å². The largest absolute Gasteiger partial charge is 0.411 e. The summed E-state index contributed by atoms with van der Waals surface area (Å²) in [6.45, 7) is 17.5. The van der Waals surface area contributed by atoms with Crippen molar-refractivity contribution in [1.29, 1.82) is 0 Å². The Morgan fingerprint density at radius 1 is 1.05 bits per heavy atom. The van der Waals surface area contributed by atoms with Crippen LogP contribution in [-0.2, 0) is 21.6 Å². The maximum atomic E-state index is 13.2. The van der Waals surface area contributed by atoms with Crippen molar-refractivity contribution in [3.8, 4) is 17.1 Å². The average Bonchev–Trinajstić information content (AvgIpc) is 3.59. The Hall–Kier alpha value is -2.92. The summed E-state index contributed by atoms with van der Waals surface area (Å²) >= 11 is 0. The van der Waals surface area contributed by atoms with E-state index in [1.807, 2.05) is 68.0 Å². The highest BCUT2D eigenvalue weighted by atomic mass is 32.2. The third-order valence-corrected chi connectivity index (χ3v) is 15.1.